The Balaban J connectivity index is 1.24. The monoisotopic (exact) mass is 466 g/mol. The second kappa shape index (κ2) is 7.62. The predicted molar refractivity (Wildman–Crippen MR) is 121 cm³/mol. The van der Waals surface area contributed by atoms with E-state index in [1.807, 2.05) is 23.1 Å². The Labute approximate surface area is 192 Å². The Bertz CT molecular complexity index is 1320. The fourth-order valence-corrected chi connectivity index (χ4v) is 7.37. The molecule has 0 unspecified atom stereocenters. The highest BCUT2D eigenvalue weighted by Crippen LogP contribution is 2.50. The highest BCUT2D eigenvalue weighted by molar-refractivity contribution is 7.87. The molecule has 6 rings (SSSR count). The summed E-state index contributed by atoms with van der Waals surface area (Å²) in [7, 11) is -3.44. The maximum Gasteiger partial charge on any atom is 0.279 e. The number of nitrogens with zero attached hydrogens (tertiary/aromatic N) is 6. The van der Waals surface area contributed by atoms with E-state index in [1.165, 1.54) is 6.33 Å². The highest BCUT2D eigenvalue weighted by Gasteiger charge is 2.52. The van der Waals surface area contributed by atoms with E-state index in [1.54, 1.807) is 10.5 Å². The summed E-state index contributed by atoms with van der Waals surface area (Å²) >= 11 is 0. The molecule has 2 N–H and O–H groups in total. The van der Waals surface area contributed by atoms with Crippen molar-refractivity contribution in [3.05, 3.63) is 31.0 Å². The summed E-state index contributed by atoms with van der Waals surface area (Å²) in [6.45, 7) is 1.01. The molecule has 0 bridgehead atoms. The number of nitriles is 1. The maximum absolute atomic E-state index is 12.8. The lowest BCUT2D eigenvalue weighted by Gasteiger charge is -2.31. The molecule has 33 heavy (non-hydrogen) atoms. The summed E-state index contributed by atoms with van der Waals surface area (Å²) < 4.78 is 32.0. The lowest BCUT2D eigenvalue weighted by Crippen LogP contribution is -2.47. The molecule has 1 saturated heterocycles. The van der Waals surface area contributed by atoms with Gasteiger partial charge in [0.2, 0.25) is 0 Å². The summed E-state index contributed by atoms with van der Waals surface area (Å²) in [5.41, 5.74) is 2.03. The minimum atomic E-state index is -3.44. The Kier molecular flexibility index (Phi) is 4.79. The molecule has 0 spiro atoms. The number of H-pyrrole nitrogens is 1. The van der Waals surface area contributed by atoms with Crippen molar-refractivity contribution in [1.82, 2.24) is 33.8 Å². The van der Waals surface area contributed by atoms with Gasteiger partial charge in [-0.2, -0.15) is 27.8 Å². The third-order valence-corrected chi connectivity index (χ3v) is 9.30. The van der Waals surface area contributed by atoms with E-state index in [9.17, 15) is 13.7 Å². The Hall–Kier alpha value is -2.81. The number of nitrogens with one attached hydrogen (secondary N) is 2. The van der Waals surface area contributed by atoms with Gasteiger partial charge in [-0.25, -0.2) is 9.97 Å². The summed E-state index contributed by atoms with van der Waals surface area (Å²) in [5, 5.41) is 15.2. The van der Waals surface area contributed by atoms with Crippen LogP contribution in [0.2, 0.25) is 0 Å². The van der Waals surface area contributed by atoms with Gasteiger partial charge in [0.25, 0.3) is 10.2 Å². The van der Waals surface area contributed by atoms with Crippen molar-refractivity contribution in [2.24, 2.45) is 11.8 Å². The number of rotatable bonds is 6. The van der Waals surface area contributed by atoms with Gasteiger partial charge in [-0.1, -0.05) is 6.42 Å². The van der Waals surface area contributed by atoms with Crippen LogP contribution < -0.4 is 4.72 Å². The Morgan fingerprint density at radius 2 is 2.03 bits per heavy atom. The molecule has 3 atom stereocenters. The van der Waals surface area contributed by atoms with E-state index in [-0.39, 0.29) is 17.9 Å². The SMILES string of the molecule is N#CC[C@@]1(n2cc(-c3ncnc4[nH]ccc34)cn2)C[C@H]2CN(S(=O)(=O)NC3CCC3)C[C@H]2C1. The standard InChI is InChI=1S/C22H26N8O2S/c23-6-5-22(30-13-17(10-27-30)20-19-4-7-24-21(19)26-14-25-20)8-15-11-29(12-16(15)9-22)33(31,32)28-18-2-1-3-18/h4,7,10,13-16,18,28H,1-3,5,8-9,11-12H2,(H,24,25,26)/t15-,16+,22+. The van der Waals surface area contributed by atoms with Gasteiger partial charge in [-0.3, -0.25) is 4.68 Å². The summed E-state index contributed by atoms with van der Waals surface area (Å²) in [6.07, 6.45) is 11.9. The first-order valence-corrected chi connectivity index (χ1v) is 12.9. The topological polar surface area (TPSA) is 133 Å². The molecular weight excluding hydrogens is 440 g/mol. The molecule has 3 aromatic rings. The number of aromatic nitrogens is 5. The molecule has 4 heterocycles. The van der Waals surface area contributed by atoms with E-state index >= 15 is 0 Å². The summed E-state index contributed by atoms with van der Waals surface area (Å²) in [4.78, 5) is 11.8. The number of hydrogen-bond donors (Lipinski definition) is 2. The zero-order valence-corrected chi connectivity index (χ0v) is 19.0. The molecule has 3 aromatic heterocycles. The van der Waals surface area contributed by atoms with Crippen LogP contribution in [0.1, 0.15) is 38.5 Å². The average Bonchev–Trinajstić information content (AvgIpc) is 3.52. The maximum atomic E-state index is 12.8. The minimum Gasteiger partial charge on any atom is -0.346 e. The summed E-state index contributed by atoms with van der Waals surface area (Å²) in [6, 6.07) is 4.39. The number of fused-ring (bicyclic) bond motifs is 2. The fourth-order valence-electron chi connectivity index (χ4n) is 5.79. The molecule has 1 aliphatic heterocycles. The van der Waals surface area contributed by atoms with E-state index in [0.717, 1.165) is 54.4 Å². The zero-order valence-electron chi connectivity index (χ0n) is 18.2. The van der Waals surface area contributed by atoms with Crippen molar-refractivity contribution in [3.8, 4) is 17.3 Å². The third kappa shape index (κ3) is 3.44. The lowest BCUT2D eigenvalue weighted by molar-refractivity contribution is 0.239. The van der Waals surface area contributed by atoms with E-state index in [4.69, 9.17) is 0 Å². The van der Waals surface area contributed by atoms with E-state index < -0.39 is 15.7 Å². The van der Waals surface area contributed by atoms with Crippen molar-refractivity contribution in [2.45, 2.75) is 50.1 Å². The quantitative estimate of drug-likeness (QED) is 0.572. The zero-order chi connectivity index (χ0) is 22.6. The van der Waals surface area contributed by atoms with Crippen LogP contribution in [0, 0.1) is 23.2 Å². The first-order valence-electron chi connectivity index (χ1n) is 11.5. The normalized spacial score (nSPS) is 28.1. The molecule has 2 saturated carbocycles. The van der Waals surface area contributed by atoms with Crippen molar-refractivity contribution in [3.63, 3.8) is 0 Å². The second-order valence-corrected chi connectivity index (χ2v) is 11.4. The summed E-state index contributed by atoms with van der Waals surface area (Å²) in [5.74, 6) is 0.443. The first kappa shape index (κ1) is 20.8. The average molecular weight is 467 g/mol. The van der Waals surface area contributed by atoms with Crippen LogP contribution in [0.15, 0.2) is 31.0 Å². The highest BCUT2D eigenvalue weighted by atomic mass is 32.2. The van der Waals surface area contributed by atoms with Gasteiger partial charge in [-0.15, -0.1) is 0 Å². The van der Waals surface area contributed by atoms with E-state index in [2.05, 4.69) is 30.8 Å². The van der Waals surface area contributed by atoms with E-state index in [0.29, 0.717) is 19.5 Å². The predicted octanol–water partition coefficient (Wildman–Crippen LogP) is 2.16. The van der Waals surface area contributed by atoms with Crippen LogP contribution in [0.4, 0.5) is 0 Å². The van der Waals surface area contributed by atoms with Gasteiger partial charge < -0.3 is 4.98 Å². The molecule has 0 aromatic carbocycles. The molecule has 172 valence electrons. The van der Waals surface area contributed by atoms with Crippen LogP contribution in [-0.2, 0) is 15.7 Å². The Morgan fingerprint density at radius 1 is 1.24 bits per heavy atom. The molecule has 10 nitrogen and oxygen atoms in total. The smallest absolute Gasteiger partial charge is 0.279 e. The Morgan fingerprint density at radius 3 is 2.73 bits per heavy atom. The van der Waals surface area contributed by atoms with Crippen LogP contribution in [0.3, 0.4) is 0 Å². The van der Waals surface area contributed by atoms with Crippen molar-refractivity contribution < 1.29 is 8.42 Å². The first-order chi connectivity index (χ1) is 16.0. The number of aromatic amines is 1. The van der Waals surface area contributed by atoms with Crippen molar-refractivity contribution in [2.75, 3.05) is 13.1 Å². The third-order valence-electron chi connectivity index (χ3n) is 7.69. The van der Waals surface area contributed by atoms with Crippen molar-refractivity contribution >= 4 is 21.2 Å². The van der Waals surface area contributed by atoms with Crippen LogP contribution in [-0.4, -0.2) is 56.6 Å². The molecule has 0 amide bonds. The van der Waals surface area contributed by atoms with Gasteiger partial charge in [0.05, 0.1) is 29.9 Å². The largest absolute Gasteiger partial charge is 0.346 e. The van der Waals surface area contributed by atoms with Gasteiger partial charge in [0.1, 0.15) is 12.0 Å². The molecule has 11 heteroatoms. The van der Waals surface area contributed by atoms with Gasteiger partial charge >= 0.3 is 0 Å². The van der Waals surface area contributed by atoms with Crippen LogP contribution >= 0.6 is 0 Å². The molecule has 3 fully saturated rings. The second-order valence-electron chi connectivity index (χ2n) is 9.69. The number of hydrogen-bond acceptors (Lipinski definition) is 6. The minimum absolute atomic E-state index is 0.0869. The molecular formula is C22H26N8O2S. The van der Waals surface area contributed by atoms with Crippen LogP contribution in [0.5, 0.6) is 0 Å². The molecule has 0 radical (unpaired) electrons. The van der Waals surface area contributed by atoms with Gasteiger partial charge in [-0.05, 0) is 43.6 Å². The lowest BCUT2D eigenvalue weighted by atomic mass is 9.92. The van der Waals surface area contributed by atoms with Gasteiger partial charge in [0.15, 0.2) is 0 Å². The van der Waals surface area contributed by atoms with Crippen molar-refractivity contribution in [1.29, 1.82) is 5.26 Å². The van der Waals surface area contributed by atoms with Gasteiger partial charge in [0, 0.05) is 42.5 Å². The van der Waals surface area contributed by atoms with Crippen LogP contribution in [0.25, 0.3) is 22.3 Å². The molecule has 3 aliphatic rings. The molecule has 2 aliphatic carbocycles. The fraction of sp³-hybridized carbons (Fsp3) is 0.545.